The Labute approximate surface area is 222 Å². The average Bonchev–Trinajstić information content (AvgIpc) is 2.80. The highest BCUT2D eigenvalue weighted by atomic mass is 16.6. The molecule has 0 saturated carbocycles. The number of nitrogens with two attached hydrogens (primary N) is 2. The van der Waals surface area contributed by atoms with E-state index in [0.29, 0.717) is 12.8 Å². The lowest BCUT2D eigenvalue weighted by Gasteiger charge is -2.23. The summed E-state index contributed by atoms with van der Waals surface area (Å²) in [6.45, 7) is 6.90. The van der Waals surface area contributed by atoms with Crippen molar-refractivity contribution >= 4 is 24.0 Å². The first kappa shape index (κ1) is 34.4. The number of unbranched alkanes of at least 4 members (excludes halogenated alkanes) is 8. The van der Waals surface area contributed by atoms with E-state index in [1.54, 1.807) is 20.8 Å². The van der Waals surface area contributed by atoms with E-state index in [9.17, 15) is 19.5 Å². The Morgan fingerprint density at radius 1 is 0.892 bits per heavy atom. The average molecular weight is 531 g/mol. The molecule has 0 fully saturated rings. The molecule has 11 heteroatoms. The molecule has 0 saturated heterocycles. The third-order valence-corrected chi connectivity index (χ3v) is 5.26. The van der Waals surface area contributed by atoms with Crippen LogP contribution in [-0.2, 0) is 23.8 Å². The van der Waals surface area contributed by atoms with Gasteiger partial charge in [-0.1, -0.05) is 58.3 Å². The maximum Gasteiger partial charge on any atom is 0.408 e. The molecule has 2 atom stereocenters. The summed E-state index contributed by atoms with van der Waals surface area (Å²) in [4.78, 5) is 40.4. The van der Waals surface area contributed by atoms with E-state index in [-0.39, 0.29) is 32.1 Å². The molecule has 216 valence electrons. The molecular formula is C26H50N4O7. The molecule has 1 amide bonds. The molecule has 0 heterocycles. The van der Waals surface area contributed by atoms with E-state index in [2.05, 4.69) is 17.2 Å². The third-order valence-electron chi connectivity index (χ3n) is 5.26. The fourth-order valence-electron chi connectivity index (χ4n) is 3.37. The molecule has 0 bridgehead atoms. The van der Waals surface area contributed by atoms with Crippen molar-refractivity contribution < 1.29 is 33.7 Å². The van der Waals surface area contributed by atoms with Crippen LogP contribution in [0.4, 0.5) is 4.79 Å². The maximum absolute atomic E-state index is 12.5. The number of aliphatic hydroxyl groups is 1. The van der Waals surface area contributed by atoms with E-state index in [0.717, 1.165) is 19.3 Å². The number of aliphatic imine (C=N–C) groups is 1. The minimum Gasteiger partial charge on any atom is -0.463 e. The number of guanidine groups is 1. The van der Waals surface area contributed by atoms with Crippen molar-refractivity contribution in [2.75, 3.05) is 19.8 Å². The first-order valence-corrected chi connectivity index (χ1v) is 13.5. The highest BCUT2D eigenvalue weighted by Crippen LogP contribution is 2.11. The molecule has 0 aromatic carbocycles. The Morgan fingerprint density at radius 3 is 2.03 bits per heavy atom. The zero-order valence-electron chi connectivity index (χ0n) is 23.3. The van der Waals surface area contributed by atoms with E-state index in [1.165, 1.54) is 38.5 Å². The van der Waals surface area contributed by atoms with Gasteiger partial charge in [0.2, 0.25) is 0 Å². The molecular weight excluding hydrogens is 480 g/mol. The topological polar surface area (TPSA) is 176 Å². The Morgan fingerprint density at radius 2 is 1.46 bits per heavy atom. The molecule has 0 aromatic heterocycles. The van der Waals surface area contributed by atoms with Gasteiger partial charge in [0.15, 0.2) is 5.96 Å². The molecule has 0 unspecified atom stereocenters. The van der Waals surface area contributed by atoms with Crippen molar-refractivity contribution in [1.29, 1.82) is 0 Å². The molecule has 0 aromatic rings. The zero-order valence-corrected chi connectivity index (χ0v) is 23.3. The Bertz CT molecular complexity index is 676. The van der Waals surface area contributed by atoms with E-state index < -0.39 is 35.8 Å². The molecule has 0 aliphatic heterocycles. The Kier molecular flexibility index (Phi) is 19.1. The number of aliphatic hydroxyl groups excluding tert-OH is 1. The molecule has 11 nitrogen and oxygen atoms in total. The van der Waals surface area contributed by atoms with Gasteiger partial charge in [0.05, 0.1) is 0 Å². The smallest absolute Gasteiger partial charge is 0.408 e. The van der Waals surface area contributed by atoms with Gasteiger partial charge in [-0.15, -0.1) is 0 Å². The van der Waals surface area contributed by atoms with Crippen LogP contribution < -0.4 is 16.8 Å². The number of alkyl carbamates (subject to hydrolysis) is 1. The second-order valence-corrected chi connectivity index (χ2v) is 10.2. The SMILES string of the molecule is CCCCCCCCCCCC(=O)OC[C@H](O)COC(=O)[C@H](CCCN=C(N)N)NC(=O)OC(C)(C)C. The van der Waals surface area contributed by atoms with Gasteiger partial charge in [-0.25, -0.2) is 9.59 Å². The lowest BCUT2D eigenvalue weighted by atomic mass is 10.1. The quantitative estimate of drug-likeness (QED) is 0.0605. The van der Waals surface area contributed by atoms with Gasteiger partial charge in [0.25, 0.3) is 0 Å². The molecule has 6 N–H and O–H groups in total. The van der Waals surface area contributed by atoms with Crippen molar-refractivity contribution in [3.05, 3.63) is 0 Å². The number of nitrogens with zero attached hydrogens (tertiary/aromatic N) is 1. The Hall–Kier alpha value is -2.56. The number of carbonyl (C=O) groups excluding carboxylic acids is 3. The van der Waals surface area contributed by atoms with Gasteiger partial charge in [-0.05, 0) is 40.0 Å². The number of nitrogens with one attached hydrogen (secondary N) is 1. The second-order valence-electron chi connectivity index (χ2n) is 10.2. The minimum absolute atomic E-state index is 0.0743. The van der Waals surface area contributed by atoms with Gasteiger partial charge in [0, 0.05) is 13.0 Å². The van der Waals surface area contributed by atoms with E-state index in [4.69, 9.17) is 25.7 Å². The largest absolute Gasteiger partial charge is 0.463 e. The van der Waals surface area contributed by atoms with Crippen LogP contribution >= 0.6 is 0 Å². The van der Waals surface area contributed by atoms with Crippen LogP contribution in [0.2, 0.25) is 0 Å². The second kappa shape index (κ2) is 20.5. The Balaban J connectivity index is 4.30. The summed E-state index contributed by atoms with van der Waals surface area (Å²) in [7, 11) is 0. The molecule has 0 spiro atoms. The molecule has 0 aliphatic carbocycles. The number of esters is 2. The molecule has 37 heavy (non-hydrogen) atoms. The monoisotopic (exact) mass is 530 g/mol. The third kappa shape index (κ3) is 22.4. The molecule has 0 rings (SSSR count). The van der Waals surface area contributed by atoms with Crippen LogP contribution in [0, 0.1) is 0 Å². The van der Waals surface area contributed by atoms with Crippen molar-refractivity contribution in [3.8, 4) is 0 Å². The summed E-state index contributed by atoms with van der Waals surface area (Å²) < 4.78 is 15.4. The van der Waals surface area contributed by atoms with Crippen LogP contribution in [0.5, 0.6) is 0 Å². The predicted molar refractivity (Wildman–Crippen MR) is 143 cm³/mol. The number of rotatable bonds is 20. The number of hydrogen-bond donors (Lipinski definition) is 4. The standard InChI is InChI=1S/C26H50N4O7/c1-5-6-7-8-9-10-11-12-13-16-22(32)35-18-20(31)19-36-23(33)21(15-14-17-29-24(27)28)30-25(34)37-26(2,3)4/h20-21,31H,5-19H2,1-4H3,(H,30,34)(H4,27,28,29)/t20-,21-/m0/s1. The number of carbonyl (C=O) groups is 3. The van der Waals surface area contributed by atoms with E-state index >= 15 is 0 Å². The van der Waals surface area contributed by atoms with Crippen molar-refractivity contribution in [2.45, 2.75) is 122 Å². The molecule has 0 radical (unpaired) electrons. The lowest BCUT2D eigenvalue weighted by molar-refractivity contribution is -0.154. The first-order chi connectivity index (χ1) is 17.4. The summed E-state index contributed by atoms with van der Waals surface area (Å²) in [5.41, 5.74) is 9.85. The van der Waals surface area contributed by atoms with Gasteiger partial charge < -0.3 is 36.1 Å². The van der Waals surface area contributed by atoms with Crippen LogP contribution in [0.3, 0.4) is 0 Å². The summed E-state index contributed by atoms with van der Waals surface area (Å²) >= 11 is 0. The van der Waals surface area contributed by atoms with Crippen LogP contribution in [-0.4, -0.2) is 66.6 Å². The number of hydrogen-bond acceptors (Lipinski definition) is 8. The minimum atomic E-state index is -1.18. The van der Waals surface area contributed by atoms with E-state index in [1.807, 2.05) is 0 Å². The highest BCUT2D eigenvalue weighted by Gasteiger charge is 2.26. The maximum atomic E-state index is 12.5. The summed E-state index contributed by atoms with van der Waals surface area (Å²) in [6.07, 6.45) is 9.26. The fraction of sp³-hybridized carbons (Fsp3) is 0.846. The summed E-state index contributed by atoms with van der Waals surface area (Å²) in [5, 5.41) is 12.5. The van der Waals surface area contributed by atoms with Gasteiger partial charge >= 0.3 is 18.0 Å². The van der Waals surface area contributed by atoms with Gasteiger partial charge in [-0.3, -0.25) is 9.79 Å². The number of ether oxygens (including phenoxy) is 3. The summed E-state index contributed by atoms with van der Waals surface area (Å²) in [6, 6.07) is -1.02. The normalized spacial score (nSPS) is 12.8. The van der Waals surface area contributed by atoms with Crippen molar-refractivity contribution in [3.63, 3.8) is 0 Å². The van der Waals surface area contributed by atoms with Crippen molar-refractivity contribution in [2.24, 2.45) is 16.5 Å². The fourth-order valence-corrected chi connectivity index (χ4v) is 3.37. The van der Waals surface area contributed by atoms with Gasteiger partial charge in [-0.2, -0.15) is 0 Å². The van der Waals surface area contributed by atoms with Crippen LogP contribution in [0.25, 0.3) is 0 Å². The summed E-state index contributed by atoms with van der Waals surface area (Å²) in [5.74, 6) is -1.22. The molecule has 0 aliphatic rings. The van der Waals surface area contributed by atoms with Crippen LogP contribution in [0.1, 0.15) is 105 Å². The van der Waals surface area contributed by atoms with Gasteiger partial charge in [0.1, 0.15) is 31.0 Å². The zero-order chi connectivity index (χ0) is 28.1. The first-order valence-electron chi connectivity index (χ1n) is 13.5. The predicted octanol–water partition coefficient (Wildman–Crippen LogP) is 3.30. The lowest BCUT2D eigenvalue weighted by Crippen LogP contribution is -2.45. The number of amides is 1. The highest BCUT2D eigenvalue weighted by molar-refractivity contribution is 5.81. The van der Waals surface area contributed by atoms with Crippen molar-refractivity contribution in [1.82, 2.24) is 5.32 Å². The van der Waals surface area contributed by atoms with Crippen LogP contribution in [0.15, 0.2) is 4.99 Å².